The van der Waals surface area contributed by atoms with Gasteiger partial charge < -0.3 is 4.74 Å². The molecule has 3 heteroatoms. The maximum atomic E-state index is 11.9. The minimum Gasteiger partial charge on any atom is -0.426 e. The number of Topliss-reactive ketones (excluding diaryl/α,β-unsaturated/α-hetero) is 1. The van der Waals surface area contributed by atoms with Gasteiger partial charge in [0.05, 0.1) is 5.56 Å². The summed E-state index contributed by atoms with van der Waals surface area (Å²) in [6.45, 7) is 3.42. The smallest absolute Gasteiger partial charge is 0.308 e. The van der Waals surface area contributed by atoms with Crippen molar-refractivity contribution in [1.29, 1.82) is 0 Å². The van der Waals surface area contributed by atoms with Crippen LogP contribution in [0.1, 0.15) is 49.9 Å². The number of carbonyl (C=O) groups is 2. The third-order valence-corrected chi connectivity index (χ3v) is 2.49. The zero-order valence-corrected chi connectivity index (χ0v) is 11.4. The number of ether oxygens (including phenoxy) is 1. The number of ketones is 1. The molecule has 0 aromatic heterocycles. The SMILES string of the molecule is CCCCCC#CC(=O)c1ccccc1OC(C)=O. The van der Waals surface area contributed by atoms with E-state index in [1.54, 1.807) is 24.3 Å². The number of rotatable bonds is 5. The van der Waals surface area contributed by atoms with Gasteiger partial charge in [-0.1, -0.05) is 37.8 Å². The van der Waals surface area contributed by atoms with Gasteiger partial charge in [-0.05, 0) is 24.5 Å². The van der Waals surface area contributed by atoms with Crippen LogP contribution in [0.5, 0.6) is 5.75 Å². The van der Waals surface area contributed by atoms with Crippen LogP contribution in [-0.2, 0) is 4.79 Å². The lowest BCUT2D eigenvalue weighted by Crippen LogP contribution is -2.06. The average Bonchev–Trinajstić information content (AvgIpc) is 2.38. The van der Waals surface area contributed by atoms with Gasteiger partial charge in [-0.25, -0.2) is 0 Å². The Hall–Kier alpha value is -2.08. The van der Waals surface area contributed by atoms with Crippen molar-refractivity contribution >= 4 is 11.8 Å². The van der Waals surface area contributed by atoms with Crippen LogP contribution in [0.15, 0.2) is 24.3 Å². The normalized spacial score (nSPS) is 9.37. The first kappa shape index (κ1) is 15.0. The highest BCUT2D eigenvalue weighted by Crippen LogP contribution is 2.18. The fourth-order valence-electron chi connectivity index (χ4n) is 1.57. The molecule has 0 atom stereocenters. The fourth-order valence-corrected chi connectivity index (χ4v) is 1.57. The van der Waals surface area contributed by atoms with Gasteiger partial charge in [0.15, 0.2) is 0 Å². The Morgan fingerprint density at radius 2 is 1.95 bits per heavy atom. The second kappa shape index (κ2) is 8.10. The first-order valence-electron chi connectivity index (χ1n) is 6.45. The topological polar surface area (TPSA) is 43.4 Å². The molecule has 0 heterocycles. The zero-order valence-electron chi connectivity index (χ0n) is 11.4. The van der Waals surface area contributed by atoms with Crippen LogP contribution >= 0.6 is 0 Å². The highest BCUT2D eigenvalue weighted by molar-refractivity contribution is 6.11. The van der Waals surface area contributed by atoms with Crippen LogP contribution in [0, 0.1) is 11.8 Å². The number of para-hydroxylation sites is 1. The molecular weight excluding hydrogens is 240 g/mol. The number of hydrogen-bond donors (Lipinski definition) is 0. The van der Waals surface area contributed by atoms with Crippen LogP contribution in [0.25, 0.3) is 0 Å². The Morgan fingerprint density at radius 1 is 1.21 bits per heavy atom. The van der Waals surface area contributed by atoms with Gasteiger partial charge >= 0.3 is 5.97 Å². The number of carbonyl (C=O) groups excluding carboxylic acids is 2. The predicted octanol–water partition coefficient (Wildman–Crippen LogP) is 3.38. The lowest BCUT2D eigenvalue weighted by molar-refractivity contribution is -0.131. The molecule has 0 amide bonds. The van der Waals surface area contributed by atoms with Gasteiger partial charge in [-0.2, -0.15) is 0 Å². The minimum absolute atomic E-state index is 0.267. The molecule has 0 N–H and O–H groups in total. The minimum atomic E-state index is -0.448. The molecule has 1 rings (SSSR count). The van der Waals surface area contributed by atoms with E-state index in [0.717, 1.165) is 25.7 Å². The molecule has 0 fully saturated rings. The Balaban J connectivity index is 2.73. The molecule has 0 saturated carbocycles. The molecular formula is C16H18O3. The molecule has 19 heavy (non-hydrogen) atoms. The van der Waals surface area contributed by atoms with E-state index in [1.807, 2.05) is 0 Å². The van der Waals surface area contributed by atoms with Gasteiger partial charge in [-0.3, -0.25) is 9.59 Å². The summed E-state index contributed by atoms with van der Waals surface area (Å²) in [5.74, 6) is 4.96. The third kappa shape index (κ3) is 5.39. The van der Waals surface area contributed by atoms with E-state index in [4.69, 9.17) is 4.74 Å². The van der Waals surface area contributed by atoms with E-state index in [-0.39, 0.29) is 11.5 Å². The molecule has 1 aromatic carbocycles. The van der Waals surface area contributed by atoms with Crippen molar-refractivity contribution in [3.8, 4) is 17.6 Å². The summed E-state index contributed by atoms with van der Waals surface area (Å²) in [6.07, 6.45) is 3.97. The van der Waals surface area contributed by atoms with Crippen molar-refractivity contribution in [3.63, 3.8) is 0 Å². The molecule has 0 aliphatic rings. The second-order valence-electron chi connectivity index (χ2n) is 4.18. The molecule has 0 saturated heterocycles. The summed E-state index contributed by atoms with van der Waals surface area (Å²) in [4.78, 5) is 22.9. The predicted molar refractivity (Wildman–Crippen MR) is 74.0 cm³/mol. The van der Waals surface area contributed by atoms with Crippen molar-refractivity contribution in [2.24, 2.45) is 0 Å². The first-order chi connectivity index (χ1) is 9.15. The summed E-state index contributed by atoms with van der Waals surface area (Å²) in [6, 6.07) is 6.64. The molecule has 0 radical (unpaired) electrons. The van der Waals surface area contributed by atoms with E-state index >= 15 is 0 Å². The van der Waals surface area contributed by atoms with E-state index < -0.39 is 5.97 Å². The molecule has 0 aliphatic carbocycles. The Bertz CT molecular complexity index is 506. The van der Waals surface area contributed by atoms with E-state index in [0.29, 0.717) is 5.56 Å². The van der Waals surface area contributed by atoms with Gasteiger partial charge in [-0.15, -0.1) is 0 Å². The molecule has 0 unspecified atom stereocenters. The van der Waals surface area contributed by atoms with Gasteiger partial charge in [0.1, 0.15) is 5.75 Å². The van der Waals surface area contributed by atoms with Crippen LogP contribution in [0.2, 0.25) is 0 Å². The lowest BCUT2D eigenvalue weighted by Gasteiger charge is -2.04. The van der Waals surface area contributed by atoms with Crippen LogP contribution in [-0.4, -0.2) is 11.8 Å². The summed E-state index contributed by atoms with van der Waals surface area (Å²) in [5.41, 5.74) is 0.334. The average molecular weight is 258 g/mol. The molecule has 3 nitrogen and oxygen atoms in total. The summed E-state index contributed by atoms with van der Waals surface area (Å²) < 4.78 is 4.98. The summed E-state index contributed by atoms with van der Waals surface area (Å²) in [7, 11) is 0. The van der Waals surface area contributed by atoms with Crippen LogP contribution in [0.4, 0.5) is 0 Å². The first-order valence-corrected chi connectivity index (χ1v) is 6.45. The maximum Gasteiger partial charge on any atom is 0.308 e. The largest absolute Gasteiger partial charge is 0.426 e. The van der Waals surface area contributed by atoms with Crippen LogP contribution in [0.3, 0.4) is 0 Å². The molecule has 0 spiro atoms. The molecule has 0 bridgehead atoms. The van der Waals surface area contributed by atoms with E-state index in [1.165, 1.54) is 6.92 Å². The van der Waals surface area contributed by atoms with Crippen molar-refractivity contribution in [3.05, 3.63) is 29.8 Å². The summed E-state index contributed by atoms with van der Waals surface area (Å²) in [5, 5.41) is 0. The Labute approximate surface area is 114 Å². The highest BCUT2D eigenvalue weighted by atomic mass is 16.5. The number of esters is 1. The van der Waals surface area contributed by atoms with E-state index in [2.05, 4.69) is 18.8 Å². The van der Waals surface area contributed by atoms with Crippen molar-refractivity contribution < 1.29 is 14.3 Å². The number of hydrogen-bond acceptors (Lipinski definition) is 3. The van der Waals surface area contributed by atoms with Gasteiger partial charge in [0.2, 0.25) is 5.78 Å². The highest BCUT2D eigenvalue weighted by Gasteiger charge is 2.11. The van der Waals surface area contributed by atoms with Gasteiger partial charge in [0, 0.05) is 13.3 Å². The summed E-state index contributed by atoms with van der Waals surface area (Å²) >= 11 is 0. The van der Waals surface area contributed by atoms with Crippen molar-refractivity contribution in [2.75, 3.05) is 0 Å². The monoisotopic (exact) mass is 258 g/mol. The van der Waals surface area contributed by atoms with Crippen molar-refractivity contribution in [1.82, 2.24) is 0 Å². The van der Waals surface area contributed by atoms with Gasteiger partial charge in [0.25, 0.3) is 0 Å². The maximum absolute atomic E-state index is 11.9. The zero-order chi connectivity index (χ0) is 14.1. The van der Waals surface area contributed by atoms with Crippen molar-refractivity contribution in [2.45, 2.75) is 39.5 Å². The second-order valence-corrected chi connectivity index (χ2v) is 4.18. The van der Waals surface area contributed by atoms with E-state index in [9.17, 15) is 9.59 Å². The third-order valence-electron chi connectivity index (χ3n) is 2.49. The quantitative estimate of drug-likeness (QED) is 0.203. The fraction of sp³-hybridized carbons (Fsp3) is 0.375. The lowest BCUT2D eigenvalue weighted by atomic mass is 10.1. The molecule has 1 aromatic rings. The standard InChI is InChI=1S/C16H18O3/c1-3-4-5-6-7-11-15(18)14-10-8-9-12-16(14)19-13(2)17/h8-10,12H,3-6H2,1-2H3. The number of unbranched alkanes of at least 4 members (excludes halogenated alkanes) is 3. The Kier molecular flexibility index (Phi) is 6.38. The Morgan fingerprint density at radius 3 is 2.63 bits per heavy atom. The number of benzene rings is 1. The molecule has 0 aliphatic heterocycles. The molecule has 100 valence electrons. The van der Waals surface area contributed by atoms with Crippen LogP contribution < -0.4 is 4.74 Å².